The number of nitrogens with two attached hydrogens (primary N) is 1. The van der Waals surface area contributed by atoms with E-state index in [4.69, 9.17) is 22.1 Å². The Morgan fingerprint density at radius 3 is 2.65 bits per heavy atom. The Bertz CT molecular complexity index is 528. The Hall–Kier alpha value is -1.30. The number of benzene rings is 1. The number of rotatable bonds is 5. The lowest BCUT2D eigenvalue weighted by atomic mass is 9.84. The van der Waals surface area contributed by atoms with E-state index in [0.717, 1.165) is 19.3 Å². The number of aliphatic hydroxyl groups excluding tert-OH is 1. The van der Waals surface area contributed by atoms with Crippen molar-refractivity contribution in [3.8, 4) is 5.75 Å². The van der Waals surface area contributed by atoms with Crippen LogP contribution in [-0.4, -0.2) is 35.3 Å². The van der Waals surface area contributed by atoms with E-state index < -0.39 is 11.6 Å². The maximum atomic E-state index is 11.9. The minimum Gasteiger partial charge on any atom is -0.488 e. The van der Waals surface area contributed by atoms with Crippen molar-refractivity contribution < 1.29 is 14.6 Å². The molecule has 1 aromatic carbocycles. The molecule has 0 bridgehead atoms. The van der Waals surface area contributed by atoms with Gasteiger partial charge in [-0.1, -0.05) is 11.6 Å². The quantitative estimate of drug-likeness (QED) is 0.766. The molecular weight excluding hydrogens is 316 g/mol. The molecular formula is C17H25ClN2O3. The molecule has 0 heterocycles. The molecule has 0 radical (unpaired) electrons. The fourth-order valence-corrected chi connectivity index (χ4v) is 2.84. The number of carbonyl (C=O) groups excluding carboxylic acids is 1. The highest BCUT2D eigenvalue weighted by Crippen LogP contribution is 2.28. The van der Waals surface area contributed by atoms with E-state index in [9.17, 15) is 9.90 Å². The van der Waals surface area contributed by atoms with Crippen molar-refractivity contribution in [3.63, 3.8) is 0 Å². The number of amides is 1. The third-order valence-corrected chi connectivity index (χ3v) is 4.39. The van der Waals surface area contributed by atoms with Gasteiger partial charge in [0, 0.05) is 17.5 Å². The smallest absolute Gasteiger partial charge is 0.239 e. The molecule has 1 fully saturated rings. The molecule has 0 spiro atoms. The highest BCUT2D eigenvalue weighted by atomic mass is 35.5. The van der Waals surface area contributed by atoms with Gasteiger partial charge in [0.15, 0.2) is 0 Å². The predicted molar refractivity (Wildman–Crippen MR) is 90.5 cm³/mol. The summed E-state index contributed by atoms with van der Waals surface area (Å²) in [5.41, 5.74) is 4.84. The van der Waals surface area contributed by atoms with Gasteiger partial charge in [-0.15, -0.1) is 0 Å². The van der Waals surface area contributed by atoms with Crippen LogP contribution < -0.4 is 15.8 Å². The number of aliphatic hydroxyl groups is 1. The van der Waals surface area contributed by atoms with Crippen LogP contribution in [0.5, 0.6) is 5.75 Å². The minimum absolute atomic E-state index is 0.0349. The highest BCUT2D eigenvalue weighted by molar-refractivity contribution is 6.30. The van der Waals surface area contributed by atoms with Gasteiger partial charge in [0.1, 0.15) is 11.9 Å². The molecule has 2 rings (SSSR count). The van der Waals surface area contributed by atoms with Crippen molar-refractivity contribution >= 4 is 17.5 Å². The van der Waals surface area contributed by atoms with E-state index in [0.29, 0.717) is 17.3 Å². The lowest BCUT2D eigenvalue weighted by molar-refractivity contribution is -0.126. The van der Waals surface area contributed by atoms with Gasteiger partial charge in [-0.25, -0.2) is 0 Å². The molecule has 23 heavy (non-hydrogen) atoms. The summed E-state index contributed by atoms with van der Waals surface area (Å²) in [7, 11) is 0. The first-order valence-electron chi connectivity index (χ1n) is 7.95. The number of hydrogen-bond acceptors (Lipinski definition) is 4. The topological polar surface area (TPSA) is 84.6 Å². The molecule has 0 aromatic heterocycles. The molecule has 3 atom stereocenters. The zero-order valence-corrected chi connectivity index (χ0v) is 14.3. The van der Waals surface area contributed by atoms with Crippen molar-refractivity contribution in [2.45, 2.75) is 50.9 Å². The number of ether oxygens (including phenoxy) is 1. The predicted octanol–water partition coefficient (Wildman–Crippen LogP) is 2.10. The first-order valence-corrected chi connectivity index (χ1v) is 8.32. The zero-order chi connectivity index (χ0) is 17.0. The standard InChI is InChI=1S/C17H25ClN2O3/c1-17(2,19)16(22)20-10-11-4-3-5-14(15(11)21)23-13-8-6-12(18)7-9-13/h6-9,11,14-15,21H,3-5,10,19H2,1-2H3,(H,20,22)/t11-,14-,15-/m1/s1. The third-order valence-electron chi connectivity index (χ3n) is 4.14. The monoisotopic (exact) mass is 340 g/mol. The largest absolute Gasteiger partial charge is 0.488 e. The summed E-state index contributed by atoms with van der Waals surface area (Å²) in [6.07, 6.45) is 1.68. The van der Waals surface area contributed by atoms with Gasteiger partial charge in [0.05, 0.1) is 11.6 Å². The number of nitrogens with one attached hydrogen (secondary N) is 1. The molecule has 0 unspecified atom stereocenters. The summed E-state index contributed by atoms with van der Waals surface area (Å²) in [6.45, 7) is 3.72. The average molecular weight is 341 g/mol. The van der Waals surface area contributed by atoms with E-state index in [1.807, 2.05) is 0 Å². The normalized spacial score (nSPS) is 25.0. The molecule has 0 saturated heterocycles. The Labute approximate surface area is 142 Å². The van der Waals surface area contributed by atoms with Crippen molar-refractivity contribution in [3.05, 3.63) is 29.3 Å². The third kappa shape index (κ3) is 5.09. The second-order valence-electron chi connectivity index (χ2n) is 6.72. The van der Waals surface area contributed by atoms with Crippen molar-refractivity contribution in [1.29, 1.82) is 0 Å². The van der Waals surface area contributed by atoms with Gasteiger partial charge in [-0.05, 0) is 57.4 Å². The molecule has 1 aliphatic rings. The lowest BCUT2D eigenvalue weighted by Gasteiger charge is -2.35. The maximum Gasteiger partial charge on any atom is 0.239 e. The average Bonchev–Trinajstić information content (AvgIpc) is 2.49. The van der Waals surface area contributed by atoms with Gasteiger partial charge >= 0.3 is 0 Å². The van der Waals surface area contributed by atoms with Crippen LogP contribution in [0.15, 0.2) is 24.3 Å². The Balaban J connectivity index is 1.91. The Morgan fingerprint density at radius 1 is 1.39 bits per heavy atom. The van der Waals surface area contributed by atoms with Gasteiger partial charge in [-0.2, -0.15) is 0 Å². The van der Waals surface area contributed by atoms with E-state index in [1.165, 1.54) is 0 Å². The van der Waals surface area contributed by atoms with Crippen LogP contribution >= 0.6 is 11.6 Å². The van der Waals surface area contributed by atoms with Crippen LogP contribution in [0.25, 0.3) is 0 Å². The van der Waals surface area contributed by atoms with Gasteiger partial charge in [0.25, 0.3) is 0 Å². The van der Waals surface area contributed by atoms with Gasteiger partial charge in [0.2, 0.25) is 5.91 Å². The Kier molecular flexibility index (Phi) is 5.89. The summed E-state index contributed by atoms with van der Waals surface area (Å²) < 4.78 is 5.88. The lowest BCUT2D eigenvalue weighted by Crippen LogP contribution is -2.52. The summed E-state index contributed by atoms with van der Waals surface area (Å²) in [6, 6.07) is 7.09. The van der Waals surface area contributed by atoms with E-state index >= 15 is 0 Å². The summed E-state index contributed by atoms with van der Waals surface area (Å²) in [4.78, 5) is 11.9. The molecule has 128 valence electrons. The first kappa shape index (κ1) is 18.0. The second-order valence-corrected chi connectivity index (χ2v) is 7.16. The number of halogens is 1. The maximum absolute atomic E-state index is 11.9. The highest BCUT2D eigenvalue weighted by Gasteiger charge is 2.34. The zero-order valence-electron chi connectivity index (χ0n) is 13.6. The SMILES string of the molecule is CC(C)(N)C(=O)NC[C@H]1CCC[C@@H](Oc2ccc(Cl)cc2)[C@@H]1O. The van der Waals surface area contributed by atoms with Crippen LogP contribution in [0, 0.1) is 5.92 Å². The van der Waals surface area contributed by atoms with Crippen LogP contribution in [0.4, 0.5) is 0 Å². The summed E-state index contributed by atoms with van der Waals surface area (Å²) >= 11 is 5.86. The van der Waals surface area contributed by atoms with E-state index in [1.54, 1.807) is 38.1 Å². The fraction of sp³-hybridized carbons (Fsp3) is 0.588. The summed E-state index contributed by atoms with van der Waals surface area (Å²) in [5.74, 6) is 0.434. The second kappa shape index (κ2) is 7.51. The van der Waals surface area contributed by atoms with E-state index in [2.05, 4.69) is 5.32 Å². The number of carbonyl (C=O) groups is 1. The van der Waals surface area contributed by atoms with E-state index in [-0.39, 0.29) is 17.9 Å². The fourth-order valence-electron chi connectivity index (χ4n) is 2.72. The van der Waals surface area contributed by atoms with Crippen molar-refractivity contribution in [1.82, 2.24) is 5.32 Å². The Morgan fingerprint density at radius 2 is 2.04 bits per heavy atom. The molecule has 6 heteroatoms. The molecule has 5 nitrogen and oxygen atoms in total. The van der Waals surface area contributed by atoms with Gasteiger partial charge < -0.3 is 20.9 Å². The molecule has 1 aliphatic carbocycles. The first-order chi connectivity index (χ1) is 10.8. The van der Waals surface area contributed by atoms with Crippen molar-refractivity contribution in [2.75, 3.05) is 6.54 Å². The van der Waals surface area contributed by atoms with Crippen LogP contribution in [0.2, 0.25) is 5.02 Å². The summed E-state index contributed by atoms with van der Waals surface area (Å²) in [5, 5.41) is 14.0. The minimum atomic E-state index is -0.918. The van der Waals surface area contributed by atoms with Crippen LogP contribution in [0.3, 0.4) is 0 Å². The van der Waals surface area contributed by atoms with Crippen LogP contribution in [-0.2, 0) is 4.79 Å². The van der Waals surface area contributed by atoms with Crippen molar-refractivity contribution in [2.24, 2.45) is 11.7 Å². The molecule has 1 amide bonds. The molecule has 1 aromatic rings. The molecule has 0 aliphatic heterocycles. The van der Waals surface area contributed by atoms with Gasteiger partial charge in [-0.3, -0.25) is 4.79 Å². The van der Waals surface area contributed by atoms with Crippen LogP contribution in [0.1, 0.15) is 33.1 Å². The molecule has 4 N–H and O–H groups in total. The number of hydrogen-bond donors (Lipinski definition) is 3. The molecule has 1 saturated carbocycles.